The van der Waals surface area contributed by atoms with Crippen LogP contribution in [0.5, 0.6) is 0 Å². The second-order valence-electron chi connectivity index (χ2n) is 2.79. The number of hydrogen-bond acceptors (Lipinski definition) is 3. The largest absolute Gasteiger partial charge is 0.232 e. The van der Waals surface area contributed by atoms with Crippen molar-refractivity contribution in [3.63, 3.8) is 0 Å². The molecule has 0 unspecified atom stereocenters. The van der Waals surface area contributed by atoms with Gasteiger partial charge < -0.3 is 0 Å². The summed E-state index contributed by atoms with van der Waals surface area (Å²) in [6.45, 7) is 4.09. The third-order valence-electron chi connectivity index (χ3n) is 1.71. The number of aryl methyl sites for hydroxylation is 1. The molecule has 0 aliphatic carbocycles. The zero-order valence-corrected chi connectivity index (χ0v) is 8.51. The summed E-state index contributed by atoms with van der Waals surface area (Å²) in [5, 5.41) is 5.45. The number of aromatic nitrogens is 3. The molecule has 3 nitrogen and oxygen atoms in total. The van der Waals surface area contributed by atoms with Crippen LogP contribution < -0.4 is 0 Å². The monoisotopic (exact) mass is 193 g/mol. The molecule has 4 heteroatoms. The van der Waals surface area contributed by atoms with Gasteiger partial charge in [0, 0.05) is 0 Å². The summed E-state index contributed by atoms with van der Waals surface area (Å²) in [6.07, 6.45) is 1.94. The molecule has 68 valence electrons. The van der Waals surface area contributed by atoms with Crippen molar-refractivity contribution in [3.8, 4) is 0 Å². The molecule has 2 aromatic heterocycles. The van der Waals surface area contributed by atoms with Crippen molar-refractivity contribution in [2.45, 2.75) is 18.9 Å². The molecule has 0 fully saturated rings. The minimum absolute atomic E-state index is 0.915. The van der Waals surface area contributed by atoms with Gasteiger partial charge in [0.1, 0.15) is 5.03 Å². The molecule has 0 radical (unpaired) electrons. The minimum atomic E-state index is 0.915. The second kappa shape index (κ2) is 3.38. The van der Waals surface area contributed by atoms with E-state index < -0.39 is 0 Å². The van der Waals surface area contributed by atoms with Crippen molar-refractivity contribution < 1.29 is 0 Å². The maximum absolute atomic E-state index is 4.40. The minimum Gasteiger partial charge on any atom is -0.232 e. The summed E-state index contributed by atoms with van der Waals surface area (Å²) >= 11 is 1.74. The zero-order valence-electron chi connectivity index (χ0n) is 7.69. The average molecular weight is 193 g/mol. The van der Waals surface area contributed by atoms with Crippen molar-refractivity contribution in [2.24, 2.45) is 0 Å². The van der Waals surface area contributed by atoms with Gasteiger partial charge in [0.25, 0.3) is 0 Å². The fraction of sp³-hybridized carbons (Fsp3) is 0.333. The Kier molecular flexibility index (Phi) is 2.22. The van der Waals surface area contributed by atoms with Gasteiger partial charge in [-0.3, -0.25) is 0 Å². The van der Waals surface area contributed by atoms with E-state index >= 15 is 0 Å². The molecule has 0 bridgehead atoms. The second-order valence-corrected chi connectivity index (χ2v) is 4.07. The molecule has 2 aromatic rings. The number of imidazole rings is 1. The highest BCUT2D eigenvalue weighted by molar-refractivity contribution is 7.99. The molecule has 13 heavy (non-hydrogen) atoms. The summed E-state index contributed by atoms with van der Waals surface area (Å²) in [6, 6.07) is 4.01. The predicted octanol–water partition coefficient (Wildman–Crippen LogP) is 2.15. The maximum Gasteiger partial charge on any atom is 0.153 e. The normalized spacial score (nSPS) is 10.9. The van der Waals surface area contributed by atoms with E-state index in [2.05, 4.69) is 17.0 Å². The maximum atomic E-state index is 4.40. The van der Waals surface area contributed by atoms with Crippen LogP contribution in [-0.4, -0.2) is 20.4 Å². The first kappa shape index (κ1) is 8.56. The predicted molar refractivity (Wildman–Crippen MR) is 54.1 cm³/mol. The van der Waals surface area contributed by atoms with Gasteiger partial charge in [-0.2, -0.15) is 5.10 Å². The van der Waals surface area contributed by atoms with Gasteiger partial charge in [0.15, 0.2) is 5.65 Å². The van der Waals surface area contributed by atoms with Crippen molar-refractivity contribution in [3.05, 3.63) is 24.0 Å². The van der Waals surface area contributed by atoms with Crippen LogP contribution in [0, 0.1) is 6.92 Å². The van der Waals surface area contributed by atoms with E-state index in [4.69, 9.17) is 0 Å². The molecule has 0 aliphatic heterocycles. The summed E-state index contributed by atoms with van der Waals surface area (Å²) in [5.41, 5.74) is 1.92. The molecular formula is C9H11N3S. The van der Waals surface area contributed by atoms with Gasteiger partial charge in [-0.25, -0.2) is 9.50 Å². The molecule has 0 spiro atoms. The standard InChI is InChI=1S/C9H11N3S/c1-3-13-9-5-4-8-10-7(2)6-12(8)11-9/h4-6H,3H2,1-2H3. The Labute approximate surface area is 81.2 Å². The Morgan fingerprint density at radius 3 is 3.08 bits per heavy atom. The number of rotatable bonds is 2. The lowest BCUT2D eigenvalue weighted by Crippen LogP contribution is -1.91. The Balaban J connectivity index is 2.48. The van der Waals surface area contributed by atoms with Crippen LogP contribution in [0.1, 0.15) is 12.6 Å². The molecule has 2 rings (SSSR count). The van der Waals surface area contributed by atoms with E-state index in [9.17, 15) is 0 Å². The highest BCUT2D eigenvalue weighted by atomic mass is 32.2. The summed E-state index contributed by atoms with van der Waals surface area (Å²) in [5.74, 6) is 1.05. The molecule has 0 amide bonds. The van der Waals surface area contributed by atoms with Gasteiger partial charge in [-0.15, -0.1) is 11.8 Å². The molecule has 2 heterocycles. The van der Waals surface area contributed by atoms with Crippen LogP contribution in [0.3, 0.4) is 0 Å². The Morgan fingerprint density at radius 2 is 2.31 bits per heavy atom. The van der Waals surface area contributed by atoms with E-state index in [1.54, 1.807) is 11.8 Å². The van der Waals surface area contributed by atoms with Crippen molar-refractivity contribution in [1.82, 2.24) is 14.6 Å². The highest BCUT2D eigenvalue weighted by Crippen LogP contribution is 2.14. The van der Waals surface area contributed by atoms with E-state index in [-0.39, 0.29) is 0 Å². The Bertz CT molecular complexity index is 422. The van der Waals surface area contributed by atoms with Crippen molar-refractivity contribution in [1.29, 1.82) is 0 Å². The van der Waals surface area contributed by atoms with Crippen LogP contribution in [0.15, 0.2) is 23.4 Å². The third kappa shape index (κ3) is 1.67. The molecule has 0 saturated carbocycles. The highest BCUT2D eigenvalue weighted by Gasteiger charge is 1.99. The SMILES string of the molecule is CCSc1ccc2nc(C)cn2n1. The molecule has 0 atom stereocenters. The zero-order chi connectivity index (χ0) is 9.26. The first-order valence-electron chi connectivity index (χ1n) is 4.25. The molecule has 0 aliphatic rings. The van der Waals surface area contributed by atoms with Crippen molar-refractivity contribution >= 4 is 17.4 Å². The number of fused-ring (bicyclic) bond motifs is 1. The lowest BCUT2D eigenvalue weighted by atomic mass is 10.6. The first-order valence-corrected chi connectivity index (χ1v) is 5.24. The fourth-order valence-electron chi connectivity index (χ4n) is 1.21. The molecule has 0 aromatic carbocycles. The first-order chi connectivity index (χ1) is 6.29. The smallest absolute Gasteiger partial charge is 0.153 e. The van der Waals surface area contributed by atoms with Gasteiger partial charge >= 0.3 is 0 Å². The number of nitrogens with zero attached hydrogens (tertiary/aromatic N) is 3. The average Bonchev–Trinajstić information content (AvgIpc) is 2.44. The van der Waals surface area contributed by atoms with Crippen LogP contribution in [0.4, 0.5) is 0 Å². The quantitative estimate of drug-likeness (QED) is 0.684. The van der Waals surface area contributed by atoms with Crippen LogP contribution in [0.25, 0.3) is 5.65 Å². The van der Waals surface area contributed by atoms with Gasteiger partial charge in [-0.05, 0) is 24.8 Å². The Hall–Kier alpha value is -1.03. The van der Waals surface area contributed by atoms with E-state index in [0.717, 1.165) is 22.1 Å². The van der Waals surface area contributed by atoms with E-state index in [1.165, 1.54) is 0 Å². The van der Waals surface area contributed by atoms with Gasteiger partial charge in [-0.1, -0.05) is 6.92 Å². The fourth-order valence-corrected chi connectivity index (χ4v) is 1.81. The van der Waals surface area contributed by atoms with E-state index in [0.29, 0.717) is 0 Å². The topological polar surface area (TPSA) is 30.2 Å². The van der Waals surface area contributed by atoms with Gasteiger partial charge in [0.05, 0.1) is 11.9 Å². The van der Waals surface area contributed by atoms with Crippen LogP contribution in [0.2, 0.25) is 0 Å². The lowest BCUT2D eigenvalue weighted by Gasteiger charge is -1.97. The summed E-state index contributed by atoms with van der Waals surface area (Å²) in [4.78, 5) is 4.31. The summed E-state index contributed by atoms with van der Waals surface area (Å²) < 4.78 is 1.83. The van der Waals surface area contributed by atoms with E-state index in [1.807, 2.05) is 29.8 Å². The third-order valence-corrected chi connectivity index (χ3v) is 2.51. The van der Waals surface area contributed by atoms with Crippen molar-refractivity contribution in [2.75, 3.05) is 5.75 Å². The number of thioether (sulfide) groups is 1. The molecule has 0 N–H and O–H groups in total. The van der Waals surface area contributed by atoms with Gasteiger partial charge in [0.2, 0.25) is 0 Å². The van der Waals surface area contributed by atoms with Crippen LogP contribution in [-0.2, 0) is 0 Å². The molecule has 0 saturated heterocycles. The van der Waals surface area contributed by atoms with Crippen LogP contribution >= 0.6 is 11.8 Å². The molecular weight excluding hydrogens is 182 g/mol. The number of hydrogen-bond donors (Lipinski definition) is 0. The Morgan fingerprint density at radius 1 is 1.46 bits per heavy atom. The summed E-state index contributed by atoms with van der Waals surface area (Å²) in [7, 11) is 0. The lowest BCUT2D eigenvalue weighted by molar-refractivity contribution is 0.858.